The molecule has 2 atom stereocenters. The summed E-state index contributed by atoms with van der Waals surface area (Å²) in [4.78, 5) is 37.9. The summed E-state index contributed by atoms with van der Waals surface area (Å²) in [5, 5.41) is 5.88. The Bertz CT molecular complexity index is 764. The van der Waals surface area contributed by atoms with Gasteiger partial charge in [0.2, 0.25) is 11.8 Å². The van der Waals surface area contributed by atoms with Crippen molar-refractivity contribution >= 4 is 17.7 Å². The fourth-order valence-corrected chi connectivity index (χ4v) is 3.74. The lowest BCUT2D eigenvalue weighted by molar-refractivity contribution is -0.136. The molecule has 3 amide bonds. The normalized spacial score (nSPS) is 21.8. The number of rotatable bonds is 7. The smallest absolute Gasteiger partial charge is 0.255 e. The highest BCUT2D eigenvalue weighted by molar-refractivity contribution is 6.05. The van der Waals surface area contributed by atoms with Crippen LogP contribution in [0.15, 0.2) is 18.2 Å². The first kappa shape index (κ1) is 19.5. The molecule has 1 saturated heterocycles. The van der Waals surface area contributed by atoms with Gasteiger partial charge in [0.05, 0.1) is 0 Å². The number of piperidine rings is 1. The van der Waals surface area contributed by atoms with E-state index in [9.17, 15) is 14.4 Å². The number of nitrogens with one attached hydrogen (secondary N) is 2. The van der Waals surface area contributed by atoms with Gasteiger partial charge in [-0.15, -0.1) is 0 Å². The lowest BCUT2D eigenvalue weighted by atomic mass is 9.94. The highest BCUT2D eigenvalue weighted by Crippen LogP contribution is 2.28. The van der Waals surface area contributed by atoms with Gasteiger partial charge in [-0.2, -0.15) is 0 Å². The van der Waals surface area contributed by atoms with Crippen LogP contribution in [0.5, 0.6) is 0 Å². The van der Waals surface area contributed by atoms with Gasteiger partial charge >= 0.3 is 0 Å². The third-order valence-corrected chi connectivity index (χ3v) is 5.79. The van der Waals surface area contributed by atoms with Gasteiger partial charge in [0.1, 0.15) is 6.04 Å². The van der Waals surface area contributed by atoms with Gasteiger partial charge in [-0.25, -0.2) is 0 Å². The third-order valence-electron chi connectivity index (χ3n) is 5.79. The van der Waals surface area contributed by atoms with Gasteiger partial charge in [-0.05, 0) is 49.9 Å². The maximum Gasteiger partial charge on any atom is 0.255 e. The van der Waals surface area contributed by atoms with E-state index >= 15 is 0 Å². The van der Waals surface area contributed by atoms with Crippen LogP contribution in [0.1, 0.15) is 61.0 Å². The van der Waals surface area contributed by atoms with Crippen molar-refractivity contribution in [3.8, 4) is 0 Å². The Morgan fingerprint density at radius 2 is 2.11 bits per heavy atom. The monoisotopic (exact) mass is 372 g/mol. The van der Waals surface area contributed by atoms with Crippen molar-refractivity contribution < 1.29 is 14.4 Å². The van der Waals surface area contributed by atoms with E-state index < -0.39 is 6.04 Å². The number of carbonyl (C=O) groups excluding carboxylic acids is 3. The average Bonchev–Trinajstić information content (AvgIpc) is 2.96. The maximum absolute atomic E-state index is 12.9. The minimum absolute atomic E-state index is 0.0312. The molecule has 0 aromatic heterocycles. The van der Waals surface area contributed by atoms with E-state index in [4.69, 9.17) is 5.73 Å². The van der Waals surface area contributed by atoms with E-state index in [1.807, 2.05) is 18.2 Å². The van der Waals surface area contributed by atoms with Crippen molar-refractivity contribution in [1.82, 2.24) is 15.5 Å². The first-order chi connectivity index (χ1) is 12.9. The molecular weight excluding hydrogens is 344 g/mol. The predicted molar refractivity (Wildman–Crippen MR) is 102 cm³/mol. The van der Waals surface area contributed by atoms with Gasteiger partial charge in [-0.3, -0.25) is 19.7 Å². The van der Waals surface area contributed by atoms with Gasteiger partial charge in [0, 0.05) is 30.6 Å². The van der Waals surface area contributed by atoms with Crippen LogP contribution >= 0.6 is 0 Å². The zero-order valence-electron chi connectivity index (χ0n) is 16.0. The second kappa shape index (κ2) is 7.78. The Balaban J connectivity index is 1.71. The average molecular weight is 372 g/mol. The number of imide groups is 1. The number of hydrogen-bond acceptors (Lipinski definition) is 5. The Kier molecular flexibility index (Phi) is 5.62. The molecule has 0 bridgehead atoms. The highest BCUT2D eigenvalue weighted by Gasteiger charge is 2.39. The van der Waals surface area contributed by atoms with Crippen molar-refractivity contribution in [2.24, 2.45) is 5.73 Å². The number of hydrogen-bond donors (Lipinski definition) is 3. The molecule has 7 heteroatoms. The Morgan fingerprint density at radius 3 is 2.78 bits per heavy atom. The molecule has 3 rings (SSSR count). The lowest BCUT2D eigenvalue weighted by Gasteiger charge is -2.29. The van der Waals surface area contributed by atoms with Crippen molar-refractivity contribution in [3.05, 3.63) is 34.9 Å². The maximum atomic E-state index is 12.9. The summed E-state index contributed by atoms with van der Waals surface area (Å²) in [5.74, 6) is -0.790. The van der Waals surface area contributed by atoms with Gasteiger partial charge in [0.15, 0.2) is 0 Å². The molecule has 2 aliphatic heterocycles. The summed E-state index contributed by atoms with van der Waals surface area (Å²) < 4.78 is 0. The molecular formula is C20H28N4O3. The molecule has 0 spiro atoms. The number of fused-ring (bicyclic) bond motifs is 1. The zero-order valence-corrected chi connectivity index (χ0v) is 16.0. The van der Waals surface area contributed by atoms with E-state index in [-0.39, 0.29) is 29.7 Å². The minimum Gasteiger partial charge on any atom is -0.330 e. The molecule has 0 aliphatic carbocycles. The van der Waals surface area contributed by atoms with Crippen LogP contribution in [0.25, 0.3) is 0 Å². The van der Waals surface area contributed by atoms with Crippen LogP contribution in [0.3, 0.4) is 0 Å². The van der Waals surface area contributed by atoms with Crippen LogP contribution < -0.4 is 16.4 Å². The molecule has 4 N–H and O–H groups in total. The quantitative estimate of drug-likeness (QED) is 0.621. The summed E-state index contributed by atoms with van der Waals surface area (Å²) in [5.41, 5.74) is 8.29. The van der Waals surface area contributed by atoms with Crippen LogP contribution in [-0.4, -0.2) is 40.7 Å². The zero-order chi connectivity index (χ0) is 19.6. The van der Waals surface area contributed by atoms with Gasteiger partial charge < -0.3 is 16.0 Å². The van der Waals surface area contributed by atoms with Crippen LogP contribution in [0.2, 0.25) is 0 Å². The summed E-state index contributed by atoms with van der Waals surface area (Å²) in [7, 11) is 0. The van der Waals surface area contributed by atoms with E-state index in [1.165, 1.54) is 0 Å². The molecule has 0 saturated carbocycles. The summed E-state index contributed by atoms with van der Waals surface area (Å²) in [6, 6.07) is 5.32. The fourth-order valence-electron chi connectivity index (χ4n) is 3.74. The van der Waals surface area contributed by atoms with Crippen LogP contribution in [-0.2, 0) is 22.7 Å². The molecule has 0 radical (unpaired) electrons. The molecule has 2 unspecified atom stereocenters. The van der Waals surface area contributed by atoms with E-state index in [2.05, 4.69) is 24.5 Å². The lowest BCUT2D eigenvalue weighted by Crippen LogP contribution is -2.52. The van der Waals surface area contributed by atoms with E-state index in [1.54, 1.807) is 4.90 Å². The molecule has 1 fully saturated rings. The van der Waals surface area contributed by atoms with Gasteiger partial charge in [-0.1, -0.05) is 19.1 Å². The molecule has 2 heterocycles. The molecule has 2 aliphatic rings. The van der Waals surface area contributed by atoms with Gasteiger partial charge in [0.25, 0.3) is 5.91 Å². The predicted octanol–water partition coefficient (Wildman–Crippen LogP) is 1.05. The Labute approximate surface area is 159 Å². The van der Waals surface area contributed by atoms with Crippen molar-refractivity contribution in [3.63, 3.8) is 0 Å². The van der Waals surface area contributed by atoms with Crippen LogP contribution in [0.4, 0.5) is 0 Å². The summed E-state index contributed by atoms with van der Waals surface area (Å²) in [6.07, 6.45) is 2.50. The van der Waals surface area contributed by atoms with Crippen LogP contribution in [0, 0.1) is 0 Å². The number of carbonyl (C=O) groups is 3. The third kappa shape index (κ3) is 4.04. The first-order valence-corrected chi connectivity index (χ1v) is 9.58. The number of nitrogens with zero attached hydrogens (tertiary/aromatic N) is 1. The molecule has 146 valence electrons. The molecule has 1 aromatic rings. The Hall–Kier alpha value is -2.25. The topological polar surface area (TPSA) is 105 Å². The van der Waals surface area contributed by atoms with E-state index in [0.29, 0.717) is 31.6 Å². The SMILES string of the molecule is CCC(C)(CCN)NCc1ccc2c(c1)C(=O)N(C1CCC(=O)NC1=O)C2. The number of nitrogens with two attached hydrogens (primary N) is 1. The molecule has 1 aromatic carbocycles. The second-order valence-corrected chi connectivity index (χ2v) is 7.70. The second-order valence-electron chi connectivity index (χ2n) is 7.70. The standard InChI is InChI=1S/C20H28N4O3/c1-3-20(2,8-9-21)22-11-13-4-5-14-12-24(19(27)15(14)10-13)16-6-7-17(25)23-18(16)26/h4-5,10,16,22H,3,6-9,11-12,21H2,1-2H3,(H,23,25,26). The minimum atomic E-state index is -0.572. The first-order valence-electron chi connectivity index (χ1n) is 9.58. The largest absolute Gasteiger partial charge is 0.330 e. The summed E-state index contributed by atoms with van der Waals surface area (Å²) in [6.45, 7) is 5.98. The summed E-state index contributed by atoms with van der Waals surface area (Å²) >= 11 is 0. The van der Waals surface area contributed by atoms with Crippen molar-refractivity contribution in [1.29, 1.82) is 0 Å². The molecule has 7 nitrogen and oxygen atoms in total. The fraction of sp³-hybridized carbons (Fsp3) is 0.550. The van der Waals surface area contributed by atoms with Crippen molar-refractivity contribution in [2.45, 2.75) is 64.2 Å². The molecule has 27 heavy (non-hydrogen) atoms. The number of amides is 3. The van der Waals surface area contributed by atoms with Crippen molar-refractivity contribution in [2.75, 3.05) is 6.54 Å². The highest BCUT2D eigenvalue weighted by atomic mass is 16.2. The number of benzene rings is 1. The van der Waals surface area contributed by atoms with E-state index in [0.717, 1.165) is 24.0 Å². The Morgan fingerprint density at radius 1 is 1.33 bits per heavy atom.